The zero-order chi connectivity index (χ0) is 46.4. The van der Waals surface area contributed by atoms with Crippen LogP contribution in [0.15, 0.2) is 211 Å². The molecule has 0 saturated carbocycles. The van der Waals surface area contributed by atoms with Gasteiger partial charge >= 0.3 is 20.1 Å². The minimum Gasteiger partial charge on any atom is -0.466 e. The number of benzene rings is 7. The first kappa shape index (κ1) is 46.4. The Balaban J connectivity index is 0.000000172. The van der Waals surface area contributed by atoms with E-state index in [2.05, 4.69) is 147 Å². The summed E-state index contributed by atoms with van der Waals surface area (Å²) in [5.41, 5.74) is 16.8. The molecule has 0 spiro atoms. The molecule has 5 nitrogen and oxygen atoms in total. The maximum Gasteiger partial charge on any atom is 3.00 e. The molecule has 0 radical (unpaired) electrons. The molecule has 69 heavy (non-hydrogen) atoms. The third-order valence-electron chi connectivity index (χ3n) is 12.0. The molecule has 11 aromatic rings. The van der Waals surface area contributed by atoms with Gasteiger partial charge in [0.15, 0.2) is 0 Å². The molecule has 0 aliphatic rings. The van der Waals surface area contributed by atoms with Gasteiger partial charge in [0.1, 0.15) is 11.2 Å². The van der Waals surface area contributed by atoms with Gasteiger partial charge in [-0.05, 0) is 86.8 Å². The molecule has 7 aromatic carbocycles. The first-order chi connectivity index (χ1) is 33.3. The molecule has 0 aliphatic carbocycles. The van der Waals surface area contributed by atoms with E-state index in [1.165, 1.54) is 27.8 Å². The van der Waals surface area contributed by atoms with Gasteiger partial charge in [-0.3, -0.25) is 15.0 Å². The van der Waals surface area contributed by atoms with E-state index in [-0.39, 0.29) is 20.1 Å². The molecule has 0 aliphatic heterocycles. The molecular formula is C63H48IrN3O2. The summed E-state index contributed by atoms with van der Waals surface area (Å²) in [6, 6.07) is 75.7. The van der Waals surface area contributed by atoms with E-state index in [0.717, 1.165) is 72.4 Å². The van der Waals surface area contributed by atoms with Crippen LogP contribution in [0.4, 0.5) is 0 Å². The van der Waals surface area contributed by atoms with E-state index in [1.54, 1.807) is 12.4 Å². The quantitative estimate of drug-likeness (QED) is 0.128. The Labute approximate surface area is 417 Å². The second-order valence-corrected chi connectivity index (χ2v) is 17.3. The molecule has 0 unspecified atom stereocenters. The van der Waals surface area contributed by atoms with E-state index < -0.39 is 0 Å². The zero-order valence-electron chi connectivity index (χ0n) is 38.8. The Hall–Kier alpha value is -7.76. The summed E-state index contributed by atoms with van der Waals surface area (Å²) in [7, 11) is 0. The van der Waals surface area contributed by atoms with Crippen molar-refractivity contribution in [3.8, 4) is 78.8 Å². The summed E-state index contributed by atoms with van der Waals surface area (Å²) >= 11 is 0. The summed E-state index contributed by atoms with van der Waals surface area (Å²) in [4.78, 5) is 13.9. The number of fused-ring (bicyclic) bond motifs is 3. The van der Waals surface area contributed by atoms with Gasteiger partial charge in [-0.2, -0.15) is 18.2 Å². The largest absolute Gasteiger partial charge is 3.00 e. The standard InChI is InChI=1S/C35H31NO.C28H17N2O.Ir/c1-24(2)31-20-28(26-14-8-5-9-15-26)21-32(25(3)4)35(31)29-22-33(27-16-10-6-11-17-27)36-34(23-29)37-30-18-12-7-13-19-30;1-2-10-27-23(7-1)24-12-11-19(18-28(24)31-27)20-15-21(25-8-3-5-13-29-25)17-22(16-20)26-9-4-6-14-30-26;/h5-16,18,20-25H,1-4H3;1-16,18H;/q-2;-1;+3. The van der Waals surface area contributed by atoms with Crippen LogP contribution in [0.2, 0.25) is 0 Å². The predicted molar refractivity (Wildman–Crippen MR) is 277 cm³/mol. The summed E-state index contributed by atoms with van der Waals surface area (Å²) < 4.78 is 12.3. The van der Waals surface area contributed by atoms with Crippen molar-refractivity contribution in [2.45, 2.75) is 39.5 Å². The third-order valence-corrected chi connectivity index (χ3v) is 12.0. The van der Waals surface area contributed by atoms with Crippen molar-refractivity contribution in [1.82, 2.24) is 15.0 Å². The second kappa shape index (κ2) is 21.0. The van der Waals surface area contributed by atoms with Crippen molar-refractivity contribution < 1.29 is 29.3 Å². The van der Waals surface area contributed by atoms with Gasteiger partial charge in [-0.25, -0.2) is 0 Å². The number of pyridine rings is 3. The second-order valence-electron chi connectivity index (χ2n) is 17.3. The molecular weight excluding hydrogens is 1020 g/mol. The number of nitrogens with zero attached hydrogens (tertiary/aromatic N) is 3. The van der Waals surface area contributed by atoms with Crippen LogP contribution in [0, 0.1) is 18.2 Å². The van der Waals surface area contributed by atoms with Crippen molar-refractivity contribution in [3.63, 3.8) is 0 Å². The molecule has 0 amide bonds. The Kier molecular flexibility index (Phi) is 14.1. The smallest absolute Gasteiger partial charge is 0.466 e. The zero-order valence-corrected chi connectivity index (χ0v) is 41.2. The Bertz CT molecular complexity index is 3380. The van der Waals surface area contributed by atoms with Crippen LogP contribution in [0.5, 0.6) is 11.6 Å². The van der Waals surface area contributed by atoms with Gasteiger partial charge in [0.25, 0.3) is 0 Å². The number of para-hydroxylation sites is 2. The molecule has 336 valence electrons. The van der Waals surface area contributed by atoms with E-state index >= 15 is 0 Å². The summed E-state index contributed by atoms with van der Waals surface area (Å²) in [5.74, 6) is 1.86. The van der Waals surface area contributed by atoms with Crippen LogP contribution in [0.3, 0.4) is 0 Å². The van der Waals surface area contributed by atoms with E-state index in [9.17, 15) is 0 Å². The molecule has 4 aromatic heterocycles. The molecule has 0 bridgehead atoms. The minimum atomic E-state index is 0. The molecule has 0 N–H and O–H groups in total. The number of furan rings is 1. The Morgan fingerprint density at radius 1 is 0.449 bits per heavy atom. The molecule has 6 heteroatoms. The summed E-state index contributed by atoms with van der Waals surface area (Å²) in [6.45, 7) is 9.06. The number of hydrogen-bond acceptors (Lipinski definition) is 5. The molecule has 4 heterocycles. The van der Waals surface area contributed by atoms with Gasteiger partial charge in [-0.15, -0.1) is 66.2 Å². The number of aromatic nitrogens is 3. The van der Waals surface area contributed by atoms with Gasteiger partial charge in [0.2, 0.25) is 5.88 Å². The van der Waals surface area contributed by atoms with Crippen LogP contribution in [0.25, 0.3) is 89.1 Å². The average molecular weight is 1070 g/mol. The number of hydrogen-bond donors (Lipinski definition) is 0. The van der Waals surface area contributed by atoms with Crippen LogP contribution < -0.4 is 4.74 Å². The van der Waals surface area contributed by atoms with Crippen molar-refractivity contribution in [3.05, 3.63) is 236 Å². The topological polar surface area (TPSA) is 61.0 Å². The van der Waals surface area contributed by atoms with Crippen molar-refractivity contribution >= 4 is 21.9 Å². The van der Waals surface area contributed by atoms with Gasteiger partial charge in [-0.1, -0.05) is 141 Å². The Morgan fingerprint density at radius 2 is 1.06 bits per heavy atom. The monoisotopic (exact) mass is 1070 g/mol. The van der Waals surface area contributed by atoms with Crippen LogP contribution in [0.1, 0.15) is 50.7 Å². The molecule has 0 fully saturated rings. The van der Waals surface area contributed by atoms with Crippen molar-refractivity contribution in [2.75, 3.05) is 0 Å². The van der Waals surface area contributed by atoms with E-state index in [1.807, 2.05) is 103 Å². The van der Waals surface area contributed by atoms with E-state index in [0.29, 0.717) is 23.5 Å². The predicted octanol–water partition coefficient (Wildman–Crippen LogP) is 16.9. The minimum absolute atomic E-state index is 0. The fourth-order valence-electron chi connectivity index (χ4n) is 8.64. The first-order valence-corrected chi connectivity index (χ1v) is 23.0. The third kappa shape index (κ3) is 10.4. The van der Waals surface area contributed by atoms with Gasteiger partial charge in [0, 0.05) is 46.4 Å². The molecule has 0 saturated heterocycles. The maximum absolute atomic E-state index is 6.22. The molecule has 11 rings (SSSR count). The maximum atomic E-state index is 6.22. The van der Waals surface area contributed by atoms with Crippen LogP contribution >= 0.6 is 0 Å². The first-order valence-electron chi connectivity index (χ1n) is 23.0. The van der Waals surface area contributed by atoms with Crippen molar-refractivity contribution in [2.24, 2.45) is 0 Å². The number of ether oxygens (including phenoxy) is 1. The fraction of sp³-hybridized carbons (Fsp3) is 0.0952. The van der Waals surface area contributed by atoms with Gasteiger partial charge in [0.05, 0.1) is 0 Å². The van der Waals surface area contributed by atoms with E-state index in [4.69, 9.17) is 14.1 Å². The summed E-state index contributed by atoms with van der Waals surface area (Å²) in [6.07, 6.45) is 3.60. The number of rotatable bonds is 10. The molecule has 0 atom stereocenters. The average Bonchev–Trinajstić information content (AvgIpc) is 3.77. The van der Waals surface area contributed by atoms with Crippen molar-refractivity contribution in [1.29, 1.82) is 0 Å². The van der Waals surface area contributed by atoms with Crippen LogP contribution in [-0.2, 0) is 20.1 Å². The van der Waals surface area contributed by atoms with Crippen LogP contribution in [-0.4, -0.2) is 15.0 Å². The summed E-state index contributed by atoms with van der Waals surface area (Å²) in [5, 5.41) is 2.26. The Morgan fingerprint density at radius 3 is 1.68 bits per heavy atom. The SMILES string of the molecule is CC(C)c1cc(-c2ccccc2)cc(C(C)C)c1-c1cc(Oc2[c-]cccc2)nc(-c2[c-]cccc2)c1.[Ir+3].[c-]1c(-c2ccccn2)cc(-c2ccc3c(c2)oc2ccccc23)cc1-c1ccccn1. The fourth-order valence-corrected chi connectivity index (χ4v) is 8.64. The normalized spacial score (nSPS) is 11.0. The van der Waals surface area contributed by atoms with Gasteiger partial charge < -0.3 is 9.15 Å².